The molecule has 0 saturated carbocycles. The quantitative estimate of drug-likeness (QED) is 0.307. The van der Waals surface area contributed by atoms with Crippen molar-refractivity contribution in [1.82, 2.24) is 0 Å². The molecule has 0 bridgehead atoms. The number of rotatable bonds is 0. The van der Waals surface area contributed by atoms with Crippen LogP contribution in [0.2, 0.25) is 0 Å². The molecule has 32 heavy (non-hydrogen) atoms. The third kappa shape index (κ3) is 2.42. The van der Waals surface area contributed by atoms with Crippen LogP contribution in [0.15, 0.2) is 59.7 Å². The van der Waals surface area contributed by atoms with Crippen molar-refractivity contribution in [2.45, 2.75) is 0 Å². The van der Waals surface area contributed by atoms with Crippen molar-refractivity contribution < 1.29 is 8.78 Å². The molecule has 0 radical (unpaired) electrons. The van der Waals surface area contributed by atoms with E-state index in [9.17, 15) is 29.8 Å². The highest BCUT2D eigenvalue weighted by molar-refractivity contribution is 6.10. The van der Waals surface area contributed by atoms with Crippen molar-refractivity contribution in [2.24, 2.45) is 0 Å². The van der Waals surface area contributed by atoms with Gasteiger partial charge in [-0.2, -0.15) is 21.0 Å². The van der Waals surface area contributed by atoms with Crippen LogP contribution in [0.1, 0.15) is 22.3 Å². The molecule has 3 aromatic rings. The van der Waals surface area contributed by atoms with Gasteiger partial charge in [-0.1, -0.05) is 12.1 Å². The van der Waals surface area contributed by atoms with Crippen LogP contribution >= 0.6 is 0 Å². The molecule has 0 aromatic heterocycles. The highest BCUT2D eigenvalue weighted by Gasteiger charge is 2.33. The molecule has 6 heteroatoms. The molecule has 2 aliphatic rings. The summed E-state index contributed by atoms with van der Waals surface area (Å²) in [4.78, 5) is 0. The Hall–Kier alpha value is -5.04. The fourth-order valence-corrected chi connectivity index (χ4v) is 4.48. The second-order valence-corrected chi connectivity index (χ2v) is 7.27. The van der Waals surface area contributed by atoms with E-state index in [2.05, 4.69) is 0 Å². The van der Waals surface area contributed by atoms with Gasteiger partial charge in [0.2, 0.25) is 0 Å². The van der Waals surface area contributed by atoms with Crippen LogP contribution in [0.5, 0.6) is 0 Å². The molecule has 146 valence electrons. The number of fused-ring (bicyclic) bond motifs is 6. The molecule has 0 amide bonds. The van der Waals surface area contributed by atoms with Crippen LogP contribution < -0.4 is 0 Å². The molecular formula is C26H8F2N4. The predicted molar refractivity (Wildman–Crippen MR) is 112 cm³/mol. The first-order chi connectivity index (χ1) is 15.5. The maximum Gasteiger partial charge on any atom is 0.138 e. The third-order valence-corrected chi connectivity index (χ3v) is 5.73. The molecule has 2 aliphatic carbocycles. The van der Waals surface area contributed by atoms with Gasteiger partial charge in [0.15, 0.2) is 0 Å². The normalized spacial score (nSPS) is 11.8. The minimum absolute atomic E-state index is 0.154. The lowest BCUT2D eigenvalue weighted by atomic mass is 9.93. The van der Waals surface area contributed by atoms with Gasteiger partial charge in [0.25, 0.3) is 0 Å². The van der Waals surface area contributed by atoms with E-state index >= 15 is 0 Å². The largest absolute Gasteiger partial charge is 0.207 e. The van der Waals surface area contributed by atoms with Gasteiger partial charge in [-0.15, -0.1) is 0 Å². The fraction of sp³-hybridized carbons (Fsp3) is 0. The van der Waals surface area contributed by atoms with Crippen LogP contribution in [0.25, 0.3) is 33.4 Å². The first-order valence-electron chi connectivity index (χ1n) is 9.40. The number of halogens is 2. The van der Waals surface area contributed by atoms with E-state index in [-0.39, 0.29) is 11.1 Å². The molecule has 0 atom stereocenters. The monoisotopic (exact) mass is 414 g/mol. The Kier molecular flexibility index (Phi) is 4.00. The minimum Gasteiger partial charge on any atom is -0.207 e. The Bertz CT molecular complexity index is 1480. The van der Waals surface area contributed by atoms with E-state index in [0.29, 0.717) is 55.7 Å². The predicted octanol–water partition coefficient (Wildman–Crippen LogP) is 5.62. The van der Waals surface area contributed by atoms with E-state index < -0.39 is 11.6 Å². The van der Waals surface area contributed by atoms with Crippen molar-refractivity contribution in [3.63, 3.8) is 0 Å². The maximum absolute atomic E-state index is 14.1. The Balaban J connectivity index is 1.94. The topological polar surface area (TPSA) is 95.2 Å². The lowest BCUT2D eigenvalue weighted by molar-refractivity contribution is 0.627. The smallest absolute Gasteiger partial charge is 0.138 e. The SMILES string of the molecule is N#CC(C#N)=C1c2cc(F)ccc2-c2cc3c(cc21)-c1ccc(F)cc1C3=C(C#N)C#N. The maximum atomic E-state index is 14.1. The average Bonchev–Trinajstić information content (AvgIpc) is 3.26. The fourth-order valence-electron chi connectivity index (χ4n) is 4.48. The summed E-state index contributed by atoms with van der Waals surface area (Å²) < 4.78 is 28.1. The van der Waals surface area contributed by atoms with Crippen LogP contribution in [-0.4, -0.2) is 0 Å². The van der Waals surface area contributed by atoms with Gasteiger partial charge in [-0.25, -0.2) is 8.78 Å². The number of nitriles is 4. The van der Waals surface area contributed by atoms with Crippen molar-refractivity contribution in [3.8, 4) is 46.5 Å². The summed E-state index contributed by atoms with van der Waals surface area (Å²) in [7, 11) is 0. The van der Waals surface area contributed by atoms with Crippen LogP contribution in [0, 0.1) is 57.0 Å². The second kappa shape index (κ2) is 6.75. The van der Waals surface area contributed by atoms with E-state index in [0.717, 1.165) is 0 Å². The van der Waals surface area contributed by atoms with Gasteiger partial charge in [0.05, 0.1) is 0 Å². The van der Waals surface area contributed by atoms with Gasteiger partial charge >= 0.3 is 0 Å². The highest BCUT2D eigenvalue weighted by atomic mass is 19.1. The van der Waals surface area contributed by atoms with Gasteiger partial charge < -0.3 is 0 Å². The number of hydrogen-bond donors (Lipinski definition) is 0. The number of allylic oxidation sites excluding steroid dienone is 2. The molecular weight excluding hydrogens is 406 g/mol. The second-order valence-electron chi connectivity index (χ2n) is 7.27. The third-order valence-electron chi connectivity index (χ3n) is 5.73. The average molecular weight is 414 g/mol. The summed E-state index contributed by atoms with van der Waals surface area (Å²) in [6, 6.07) is 19.3. The lowest BCUT2D eigenvalue weighted by Crippen LogP contribution is -1.90. The summed E-state index contributed by atoms with van der Waals surface area (Å²) in [5, 5.41) is 38.1. The summed E-state index contributed by atoms with van der Waals surface area (Å²) in [5.41, 5.74) is 4.84. The van der Waals surface area contributed by atoms with Crippen molar-refractivity contribution in [1.29, 1.82) is 21.0 Å². The van der Waals surface area contributed by atoms with Crippen LogP contribution in [-0.2, 0) is 0 Å². The van der Waals surface area contributed by atoms with Crippen LogP contribution in [0.4, 0.5) is 8.78 Å². The summed E-state index contributed by atoms with van der Waals surface area (Å²) in [6.45, 7) is 0. The zero-order valence-electron chi connectivity index (χ0n) is 16.2. The summed E-state index contributed by atoms with van der Waals surface area (Å²) in [6.07, 6.45) is 0. The lowest BCUT2D eigenvalue weighted by Gasteiger charge is -2.08. The highest BCUT2D eigenvalue weighted by Crippen LogP contribution is 2.53. The molecule has 3 aromatic carbocycles. The number of benzene rings is 3. The van der Waals surface area contributed by atoms with Gasteiger partial charge in [-0.05, 0) is 80.9 Å². The standard InChI is InChI=1S/C26H8F2N4/c27-15-1-3-17-19-7-24-20(8-23(19)25(21(17)5-15)13(9-29)10-30)18-4-2-16(28)6-22(18)26(24)14(11-31)12-32/h1-8H. The minimum atomic E-state index is -0.505. The van der Waals surface area contributed by atoms with E-state index in [4.69, 9.17) is 0 Å². The summed E-state index contributed by atoms with van der Waals surface area (Å²) in [5.74, 6) is -1.01. The molecule has 5 rings (SSSR count). The van der Waals surface area contributed by atoms with Gasteiger partial charge in [-0.3, -0.25) is 0 Å². The van der Waals surface area contributed by atoms with Gasteiger partial charge in [0.1, 0.15) is 47.1 Å². The van der Waals surface area contributed by atoms with Gasteiger partial charge in [0, 0.05) is 11.1 Å². The molecule has 4 nitrogen and oxygen atoms in total. The molecule has 0 heterocycles. The zero-order valence-corrected chi connectivity index (χ0v) is 16.2. The number of nitrogens with zero attached hydrogens (tertiary/aromatic N) is 4. The molecule has 0 aliphatic heterocycles. The van der Waals surface area contributed by atoms with Crippen LogP contribution in [0.3, 0.4) is 0 Å². The Morgan fingerprint density at radius 2 is 0.812 bits per heavy atom. The first kappa shape index (κ1) is 19.0. The van der Waals surface area contributed by atoms with Crippen molar-refractivity contribution in [3.05, 3.63) is 93.6 Å². The van der Waals surface area contributed by atoms with E-state index in [1.807, 2.05) is 24.3 Å². The zero-order chi connectivity index (χ0) is 22.6. The number of hydrogen-bond acceptors (Lipinski definition) is 4. The molecule has 0 unspecified atom stereocenters. The molecule has 0 spiro atoms. The van der Waals surface area contributed by atoms with Crippen molar-refractivity contribution in [2.75, 3.05) is 0 Å². The Labute approximate surface area is 181 Å². The Morgan fingerprint density at radius 1 is 0.469 bits per heavy atom. The summed E-state index contributed by atoms with van der Waals surface area (Å²) >= 11 is 0. The molecule has 0 fully saturated rings. The van der Waals surface area contributed by atoms with E-state index in [1.165, 1.54) is 24.3 Å². The first-order valence-corrected chi connectivity index (χ1v) is 9.40. The van der Waals surface area contributed by atoms with Crippen molar-refractivity contribution >= 4 is 11.1 Å². The Morgan fingerprint density at radius 3 is 1.16 bits per heavy atom. The molecule has 0 N–H and O–H groups in total. The van der Waals surface area contributed by atoms with E-state index in [1.54, 1.807) is 24.3 Å². The molecule has 0 saturated heterocycles.